The minimum Gasteiger partial charge on any atom is -0.481 e. The average molecular weight is 332 g/mol. The highest BCUT2D eigenvalue weighted by molar-refractivity contribution is 6.53. The van der Waals surface area contributed by atoms with Crippen LogP contribution in [0.15, 0.2) is 0 Å². The summed E-state index contributed by atoms with van der Waals surface area (Å²) in [6.07, 6.45) is -0.826. The molecule has 1 atom stereocenters. The predicted octanol–water partition coefficient (Wildman–Crippen LogP) is 4.49. The standard InChI is InChI=1S/C9H12Cl4F2O2/c1-7(2,4-6(16)17)5(10)3-8(11,12)9(13,14)15/h5H,3-4H2,1-2H3,(H,16,17). The number of carbonyl (C=O) groups is 1. The topological polar surface area (TPSA) is 37.3 Å². The fourth-order valence-electron chi connectivity index (χ4n) is 1.12. The Balaban J connectivity index is 4.75. The monoisotopic (exact) mass is 330 g/mol. The third kappa shape index (κ3) is 5.33. The van der Waals surface area contributed by atoms with E-state index >= 15 is 0 Å². The van der Waals surface area contributed by atoms with Gasteiger partial charge in [-0.2, -0.15) is 8.78 Å². The Morgan fingerprint density at radius 1 is 1.29 bits per heavy atom. The highest BCUT2D eigenvalue weighted by Gasteiger charge is 2.52. The highest BCUT2D eigenvalue weighted by atomic mass is 35.5. The van der Waals surface area contributed by atoms with E-state index in [1.807, 2.05) is 0 Å². The normalized spacial score (nSPS) is 15.8. The molecule has 1 N–H and O–H groups in total. The van der Waals surface area contributed by atoms with Gasteiger partial charge in [0.1, 0.15) is 0 Å². The third-order valence-electron chi connectivity index (χ3n) is 2.31. The van der Waals surface area contributed by atoms with Crippen LogP contribution in [-0.2, 0) is 4.79 Å². The van der Waals surface area contributed by atoms with Gasteiger partial charge >= 0.3 is 11.4 Å². The maximum atomic E-state index is 12.8. The lowest BCUT2D eigenvalue weighted by molar-refractivity contribution is -0.139. The first-order valence-corrected chi connectivity index (χ1v) is 6.17. The number of hydrogen-bond donors (Lipinski definition) is 1. The second-order valence-electron chi connectivity index (χ2n) is 4.43. The first kappa shape index (κ1) is 17.5. The molecule has 0 aromatic heterocycles. The van der Waals surface area contributed by atoms with Crippen molar-refractivity contribution in [2.75, 3.05) is 0 Å². The van der Waals surface area contributed by atoms with Crippen molar-refractivity contribution in [2.45, 2.75) is 41.8 Å². The Hall–Kier alpha value is 0.490. The summed E-state index contributed by atoms with van der Waals surface area (Å²) in [6.45, 7) is 3.05. The highest BCUT2D eigenvalue weighted by Crippen LogP contribution is 2.48. The number of alkyl halides is 6. The smallest absolute Gasteiger partial charge is 0.354 e. The van der Waals surface area contributed by atoms with Gasteiger partial charge < -0.3 is 5.11 Å². The van der Waals surface area contributed by atoms with Crippen LogP contribution >= 0.6 is 46.4 Å². The minimum absolute atomic E-state index is 0.293. The van der Waals surface area contributed by atoms with E-state index in [0.717, 1.165) is 0 Å². The molecule has 102 valence electrons. The summed E-state index contributed by atoms with van der Waals surface area (Å²) in [5, 5.41) is 3.85. The third-order valence-corrected chi connectivity index (χ3v) is 4.35. The molecule has 0 fully saturated rings. The van der Waals surface area contributed by atoms with E-state index in [0.29, 0.717) is 0 Å². The zero-order valence-corrected chi connectivity index (χ0v) is 12.1. The van der Waals surface area contributed by atoms with Crippen LogP contribution in [0.4, 0.5) is 8.78 Å². The molecule has 8 heteroatoms. The Morgan fingerprint density at radius 2 is 1.71 bits per heavy atom. The maximum Gasteiger partial charge on any atom is 0.354 e. The number of carboxylic acid groups (broad SMARTS) is 1. The van der Waals surface area contributed by atoms with Crippen LogP contribution in [0.5, 0.6) is 0 Å². The summed E-state index contributed by atoms with van der Waals surface area (Å²) in [4.78, 5) is 10.6. The number of aliphatic carboxylic acids is 1. The van der Waals surface area contributed by atoms with Gasteiger partial charge in [0.15, 0.2) is 4.33 Å². The van der Waals surface area contributed by atoms with Crippen molar-refractivity contribution < 1.29 is 18.7 Å². The minimum atomic E-state index is -3.84. The fraction of sp³-hybridized carbons (Fsp3) is 0.889. The van der Waals surface area contributed by atoms with Gasteiger partial charge in [-0.25, -0.2) is 0 Å². The summed E-state index contributed by atoms with van der Waals surface area (Å²) in [7, 11) is 0. The summed E-state index contributed by atoms with van der Waals surface area (Å²) < 4.78 is 23.1. The Labute approximate surface area is 118 Å². The van der Waals surface area contributed by atoms with Crippen LogP contribution in [0.1, 0.15) is 26.7 Å². The van der Waals surface area contributed by atoms with Gasteiger partial charge in [-0.15, -0.1) is 11.6 Å². The van der Waals surface area contributed by atoms with E-state index in [1.165, 1.54) is 13.8 Å². The van der Waals surface area contributed by atoms with E-state index in [-0.39, 0.29) is 6.42 Å². The van der Waals surface area contributed by atoms with E-state index in [9.17, 15) is 13.6 Å². The molecule has 1 unspecified atom stereocenters. The second kappa shape index (κ2) is 5.64. The van der Waals surface area contributed by atoms with Crippen molar-refractivity contribution in [3.05, 3.63) is 0 Å². The molecule has 0 aliphatic heterocycles. The number of rotatable bonds is 6. The van der Waals surface area contributed by atoms with Gasteiger partial charge in [-0.05, 0) is 17.0 Å². The van der Waals surface area contributed by atoms with Gasteiger partial charge in [-0.1, -0.05) is 37.0 Å². The molecule has 0 heterocycles. The van der Waals surface area contributed by atoms with Gasteiger partial charge in [0.05, 0.1) is 6.42 Å². The van der Waals surface area contributed by atoms with E-state index in [4.69, 9.17) is 51.5 Å². The fourth-order valence-corrected chi connectivity index (χ4v) is 1.97. The van der Waals surface area contributed by atoms with Crippen LogP contribution in [0.2, 0.25) is 0 Å². The first-order chi connectivity index (χ1) is 7.29. The molecule has 0 aromatic rings. The van der Waals surface area contributed by atoms with Crippen LogP contribution in [0.3, 0.4) is 0 Å². The van der Waals surface area contributed by atoms with E-state index < -0.39 is 32.9 Å². The van der Waals surface area contributed by atoms with Crippen molar-refractivity contribution in [3.8, 4) is 0 Å². The summed E-state index contributed by atoms with van der Waals surface area (Å²) >= 11 is 21.4. The maximum absolute atomic E-state index is 12.8. The van der Waals surface area contributed by atoms with Crippen molar-refractivity contribution in [3.63, 3.8) is 0 Å². The molecule has 2 nitrogen and oxygen atoms in total. The van der Waals surface area contributed by atoms with Crippen LogP contribution in [0, 0.1) is 5.41 Å². The molecule has 0 bridgehead atoms. The molecule has 0 rings (SSSR count). The molecule has 0 saturated heterocycles. The summed E-state index contributed by atoms with van der Waals surface area (Å²) in [5.74, 6) is -1.09. The van der Waals surface area contributed by atoms with E-state index in [2.05, 4.69) is 0 Å². The molecule has 0 radical (unpaired) electrons. The van der Waals surface area contributed by atoms with Crippen molar-refractivity contribution >= 4 is 52.4 Å². The lowest BCUT2D eigenvalue weighted by Gasteiger charge is -2.33. The molecule has 0 saturated carbocycles. The Morgan fingerprint density at radius 3 is 2.00 bits per heavy atom. The van der Waals surface area contributed by atoms with Crippen LogP contribution in [-0.4, -0.2) is 26.2 Å². The molecular formula is C9H12Cl4F2O2. The molecule has 0 spiro atoms. The molecular weight excluding hydrogens is 320 g/mol. The van der Waals surface area contributed by atoms with E-state index in [1.54, 1.807) is 0 Å². The SMILES string of the molecule is CC(C)(CC(=O)O)C(Cl)CC(Cl)(Cl)C(F)(F)Cl. The molecule has 0 amide bonds. The average Bonchev–Trinajstić information content (AvgIpc) is 1.97. The predicted molar refractivity (Wildman–Crippen MR) is 65.5 cm³/mol. The van der Waals surface area contributed by atoms with Crippen molar-refractivity contribution in [1.29, 1.82) is 0 Å². The molecule has 0 aromatic carbocycles. The summed E-state index contributed by atoms with van der Waals surface area (Å²) in [5.41, 5.74) is -0.940. The van der Waals surface area contributed by atoms with Gasteiger partial charge in [0, 0.05) is 11.8 Å². The zero-order chi connectivity index (χ0) is 14.1. The zero-order valence-electron chi connectivity index (χ0n) is 9.11. The van der Waals surface area contributed by atoms with Crippen molar-refractivity contribution in [1.82, 2.24) is 0 Å². The van der Waals surface area contributed by atoms with Gasteiger partial charge in [-0.3, -0.25) is 4.79 Å². The second-order valence-corrected chi connectivity index (χ2v) is 6.92. The van der Waals surface area contributed by atoms with Crippen molar-refractivity contribution in [2.24, 2.45) is 5.41 Å². The van der Waals surface area contributed by atoms with Gasteiger partial charge in [0.2, 0.25) is 0 Å². The lowest BCUT2D eigenvalue weighted by atomic mass is 9.83. The summed E-state index contributed by atoms with van der Waals surface area (Å²) in [6, 6.07) is 0. The molecule has 17 heavy (non-hydrogen) atoms. The molecule has 0 aliphatic rings. The van der Waals surface area contributed by atoms with Gasteiger partial charge in [0.25, 0.3) is 0 Å². The Bertz CT molecular complexity index is 289. The van der Waals surface area contributed by atoms with Crippen LogP contribution in [0.25, 0.3) is 0 Å². The quantitative estimate of drug-likeness (QED) is 0.728. The number of hydrogen-bond acceptors (Lipinski definition) is 1. The largest absolute Gasteiger partial charge is 0.481 e. The lowest BCUT2D eigenvalue weighted by Crippen LogP contribution is -2.40. The Kier molecular flexibility index (Phi) is 5.80. The van der Waals surface area contributed by atoms with Crippen LogP contribution < -0.4 is 0 Å². The first-order valence-electron chi connectivity index (χ1n) is 4.60. The number of halogens is 6. The number of carboxylic acids is 1. The molecule has 0 aliphatic carbocycles.